The number of nitrogens with one attached hydrogen (secondary N) is 2. The minimum Gasteiger partial charge on any atom is -0.390 e. The lowest BCUT2D eigenvalue weighted by Crippen LogP contribution is -2.53. The molecular formula is C26H38N4O7S2. The van der Waals surface area contributed by atoms with E-state index in [0.717, 1.165) is 5.56 Å². The van der Waals surface area contributed by atoms with Crippen LogP contribution in [-0.4, -0.2) is 98.6 Å². The molecule has 1 amide bonds. The van der Waals surface area contributed by atoms with Crippen LogP contribution in [0, 0.1) is 5.92 Å². The van der Waals surface area contributed by atoms with E-state index in [1.165, 1.54) is 28.6 Å². The van der Waals surface area contributed by atoms with Gasteiger partial charge in [0.15, 0.2) is 9.84 Å². The van der Waals surface area contributed by atoms with Gasteiger partial charge in [0.2, 0.25) is 15.9 Å². The van der Waals surface area contributed by atoms with Crippen molar-refractivity contribution in [2.75, 3.05) is 49.7 Å². The predicted octanol–water partition coefficient (Wildman–Crippen LogP) is 0.953. The Labute approximate surface area is 230 Å². The van der Waals surface area contributed by atoms with E-state index >= 15 is 0 Å². The van der Waals surface area contributed by atoms with E-state index in [-0.39, 0.29) is 67.4 Å². The zero-order valence-electron chi connectivity index (χ0n) is 22.2. The standard InChI is InChI=1S/C26H38N4O7S2/c1-20(2)17-30(39(36,37)23-10-8-22(28-33)9-11-23)18-25(31)24(16-21-6-4-3-5-7-21)27-26(32)19-29-12-14-38(34,35)15-13-29/h3-11,20,24-25,28,31,33H,12-19H2,1-2H3,(H,27,32)/t24-,25+/m0/s1. The average molecular weight is 583 g/mol. The Kier molecular flexibility index (Phi) is 10.9. The molecule has 0 saturated carbocycles. The van der Waals surface area contributed by atoms with Gasteiger partial charge < -0.3 is 10.4 Å². The van der Waals surface area contributed by atoms with Crippen molar-refractivity contribution < 1.29 is 31.9 Å². The van der Waals surface area contributed by atoms with Gasteiger partial charge in [-0.3, -0.25) is 20.4 Å². The number of anilines is 1. The molecule has 2 aromatic rings. The molecule has 1 fully saturated rings. The first kappa shape index (κ1) is 31.0. The van der Waals surface area contributed by atoms with E-state index in [0.29, 0.717) is 5.69 Å². The molecule has 11 nitrogen and oxygen atoms in total. The van der Waals surface area contributed by atoms with Gasteiger partial charge in [-0.15, -0.1) is 0 Å². The molecule has 4 N–H and O–H groups in total. The van der Waals surface area contributed by atoms with Gasteiger partial charge in [0.05, 0.1) is 40.8 Å². The number of carbonyl (C=O) groups excluding carboxylic acids is 1. The Morgan fingerprint density at radius 3 is 2.21 bits per heavy atom. The molecule has 2 atom stereocenters. The van der Waals surface area contributed by atoms with Crippen LogP contribution in [0.5, 0.6) is 0 Å². The number of rotatable bonds is 13. The van der Waals surface area contributed by atoms with Crippen molar-refractivity contribution in [2.24, 2.45) is 5.92 Å². The molecule has 1 saturated heterocycles. The third-order valence-corrected chi connectivity index (χ3v) is 9.95. The zero-order valence-corrected chi connectivity index (χ0v) is 23.9. The molecule has 1 aliphatic heterocycles. The summed E-state index contributed by atoms with van der Waals surface area (Å²) < 4.78 is 51.7. The molecule has 0 radical (unpaired) electrons. The predicted molar refractivity (Wildman–Crippen MR) is 149 cm³/mol. The number of amides is 1. The summed E-state index contributed by atoms with van der Waals surface area (Å²) in [6.07, 6.45) is -0.961. The van der Waals surface area contributed by atoms with Crippen LogP contribution in [-0.2, 0) is 31.1 Å². The Hall–Kier alpha value is -2.55. The van der Waals surface area contributed by atoms with E-state index in [1.807, 2.05) is 49.7 Å². The van der Waals surface area contributed by atoms with Crippen molar-refractivity contribution in [3.8, 4) is 0 Å². The van der Waals surface area contributed by atoms with Crippen LogP contribution < -0.4 is 10.8 Å². The monoisotopic (exact) mass is 582 g/mol. The maximum atomic E-state index is 13.5. The number of nitrogens with zero attached hydrogens (tertiary/aromatic N) is 2. The number of hydrogen-bond acceptors (Lipinski definition) is 9. The Balaban J connectivity index is 1.78. The molecule has 1 aliphatic rings. The maximum Gasteiger partial charge on any atom is 0.243 e. The fourth-order valence-corrected chi connectivity index (χ4v) is 7.28. The lowest BCUT2D eigenvalue weighted by Gasteiger charge is -2.32. The summed E-state index contributed by atoms with van der Waals surface area (Å²) in [7, 11) is -7.08. The number of sulfone groups is 1. The van der Waals surface area contributed by atoms with Gasteiger partial charge in [0, 0.05) is 26.2 Å². The number of benzene rings is 2. The molecule has 0 unspecified atom stereocenters. The average Bonchev–Trinajstić information content (AvgIpc) is 2.89. The van der Waals surface area contributed by atoms with Crippen LogP contribution >= 0.6 is 0 Å². The summed E-state index contributed by atoms with van der Waals surface area (Å²) in [5.41, 5.74) is 3.16. The van der Waals surface area contributed by atoms with Crippen LogP contribution in [0.3, 0.4) is 0 Å². The minimum absolute atomic E-state index is 0.00623. The van der Waals surface area contributed by atoms with Gasteiger partial charge in [0.25, 0.3) is 0 Å². The molecule has 3 rings (SSSR count). The first-order valence-electron chi connectivity index (χ1n) is 12.8. The van der Waals surface area contributed by atoms with E-state index < -0.39 is 32.0 Å². The maximum absolute atomic E-state index is 13.5. The van der Waals surface area contributed by atoms with E-state index in [4.69, 9.17) is 5.21 Å². The third kappa shape index (κ3) is 9.26. The van der Waals surface area contributed by atoms with Crippen molar-refractivity contribution in [1.29, 1.82) is 0 Å². The largest absolute Gasteiger partial charge is 0.390 e. The van der Waals surface area contributed by atoms with Gasteiger partial charge in [0.1, 0.15) is 0 Å². The fraction of sp³-hybridized carbons (Fsp3) is 0.500. The summed E-state index contributed by atoms with van der Waals surface area (Å²) in [5.74, 6) is -0.427. The van der Waals surface area contributed by atoms with Gasteiger partial charge >= 0.3 is 0 Å². The highest BCUT2D eigenvalue weighted by molar-refractivity contribution is 7.91. The molecule has 0 bridgehead atoms. The van der Waals surface area contributed by atoms with Gasteiger partial charge in [-0.2, -0.15) is 4.31 Å². The summed E-state index contributed by atoms with van der Waals surface area (Å²) >= 11 is 0. The smallest absolute Gasteiger partial charge is 0.243 e. The van der Waals surface area contributed by atoms with Crippen LogP contribution in [0.1, 0.15) is 19.4 Å². The summed E-state index contributed by atoms with van der Waals surface area (Å²) in [4.78, 5) is 14.7. The minimum atomic E-state index is -4.00. The summed E-state index contributed by atoms with van der Waals surface area (Å²) in [5, 5.41) is 23.2. The van der Waals surface area contributed by atoms with Crippen LogP contribution in [0.2, 0.25) is 0 Å². The van der Waals surface area contributed by atoms with Crippen molar-refractivity contribution in [1.82, 2.24) is 14.5 Å². The van der Waals surface area contributed by atoms with Crippen LogP contribution in [0.15, 0.2) is 59.5 Å². The zero-order chi connectivity index (χ0) is 28.6. The van der Waals surface area contributed by atoms with Gasteiger partial charge in [-0.05, 0) is 42.2 Å². The summed E-state index contributed by atoms with van der Waals surface area (Å²) in [6, 6.07) is 14.1. The Morgan fingerprint density at radius 2 is 1.64 bits per heavy atom. The van der Waals surface area contributed by atoms with Crippen molar-refractivity contribution >= 4 is 31.5 Å². The molecule has 1 heterocycles. The highest BCUT2D eigenvalue weighted by Crippen LogP contribution is 2.21. The quantitative estimate of drug-likeness (QED) is 0.253. The second-order valence-electron chi connectivity index (χ2n) is 10.2. The molecular weight excluding hydrogens is 544 g/mol. The first-order valence-corrected chi connectivity index (χ1v) is 16.1. The molecule has 0 aliphatic carbocycles. The molecule has 2 aromatic carbocycles. The molecule has 39 heavy (non-hydrogen) atoms. The molecule has 216 valence electrons. The third-order valence-electron chi connectivity index (χ3n) is 6.49. The highest BCUT2D eigenvalue weighted by Gasteiger charge is 2.32. The van der Waals surface area contributed by atoms with Crippen molar-refractivity contribution in [3.63, 3.8) is 0 Å². The lowest BCUT2D eigenvalue weighted by atomic mass is 10.0. The van der Waals surface area contributed by atoms with Gasteiger partial charge in [-0.1, -0.05) is 44.2 Å². The second kappa shape index (κ2) is 13.7. The number of aliphatic hydroxyl groups excluding tert-OH is 1. The second-order valence-corrected chi connectivity index (χ2v) is 14.5. The summed E-state index contributed by atoms with van der Waals surface area (Å²) in [6.45, 7) is 4.13. The van der Waals surface area contributed by atoms with Crippen molar-refractivity contribution in [3.05, 3.63) is 60.2 Å². The highest BCUT2D eigenvalue weighted by atomic mass is 32.2. The van der Waals surface area contributed by atoms with Gasteiger partial charge in [-0.25, -0.2) is 16.8 Å². The lowest BCUT2D eigenvalue weighted by molar-refractivity contribution is -0.123. The Morgan fingerprint density at radius 1 is 1.03 bits per heavy atom. The Bertz CT molecular complexity index is 1270. The van der Waals surface area contributed by atoms with E-state index in [2.05, 4.69) is 5.32 Å². The number of aliphatic hydroxyl groups is 1. The number of carbonyl (C=O) groups is 1. The van der Waals surface area contributed by atoms with Crippen molar-refractivity contribution in [2.45, 2.75) is 37.3 Å². The normalized spacial score (nSPS) is 17.6. The van der Waals surface area contributed by atoms with E-state index in [1.54, 1.807) is 4.90 Å². The topological polar surface area (TPSA) is 156 Å². The number of sulfonamides is 1. The van der Waals surface area contributed by atoms with Crippen LogP contribution in [0.25, 0.3) is 0 Å². The molecule has 0 aromatic heterocycles. The SMILES string of the molecule is CC(C)CN(C[C@@H](O)[C@H](Cc1ccccc1)NC(=O)CN1CCS(=O)(=O)CC1)S(=O)(=O)c1ccc(NO)cc1. The fourth-order valence-electron chi connectivity index (χ4n) is 4.38. The number of hydrogen-bond donors (Lipinski definition) is 4. The molecule has 0 spiro atoms. The first-order chi connectivity index (χ1) is 18.4. The molecule has 13 heteroatoms. The van der Waals surface area contributed by atoms with Crippen LogP contribution in [0.4, 0.5) is 5.69 Å². The van der Waals surface area contributed by atoms with E-state index in [9.17, 15) is 26.7 Å².